The summed E-state index contributed by atoms with van der Waals surface area (Å²) in [5, 5.41) is 9.45. The van der Waals surface area contributed by atoms with Gasteiger partial charge in [-0.05, 0) is 42.7 Å². The normalized spacial score (nSPS) is 10.3. The summed E-state index contributed by atoms with van der Waals surface area (Å²) in [6, 6.07) is 4.73. The van der Waals surface area contributed by atoms with Crippen LogP contribution in [-0.2, 0) is 9.94 Å². The first-order chi connectivity index (χ1) is 7.15. The van der Waals surface area contributed by atoms with Gasteiger partial charge in [-0.15, -0.1) is 0 Å². The van der Waals surface area contributed by atoms with Crippen molar-refractivity contribution in [3.8, 4) is 0 Å². The second kappa shape index (κ2) is 6.00. The zero-order valence-electron chi connectivity index (χ0n) is 8.20. The molecule has 0 aliphatic carbocycles. The molecule has 82 valence electrons. The Hall–Kier alpha value is -0.710. The zero-order chi connectivity index (χ0) is 11.3. The van der Waals surface area contributed by atoms with Gasteiger partial charge in [-0.2, -0.15) is 0 Å². The summed E-state index contributed by atoms with van der Waals surface area (Å²) >= 11 is 7.02. The summed E-state index contributed by atoms with van der Waals surface area (Å²) in [5.74, 6) is -0.463. The van der Waals surface area contributed by atoms with Crippen LogP contribution in [0.15, 0.2) is 18.2 Å². The van der Waals surface area contributed by atoms with E-state index in [4.69, 9.17) is 20.9 Å². The highest BCUT2D eigenvalue weighted by molar-refractivity contribution is 7.93. The number of carboxylic acid groups (broad SMARTS) is 1. The molecule has 15 heavy (non-hydrogen) atoms. The standard InChI is InChI=1S/C10H11ClO3S/c1-2-14-15-6-7-5-8(11)3-4-9(7)10(12)13/h3-5H,2,6H2,1H3,(H,12,13). The highest BCUT2D eigenvalue weighted by Crippen LogP contribution is 2.21. The number of carbonyl (C=O) groups is 1. The Labute approximate surface area is 97.6 Å². The largest absolute Gasteiger partial charge is 0.478 e. The van der Waals surface area contributed by atoms with Crippen molar-refractivity contribution in [1.82, 2.24) is 0 Å². The number of benzene rings is 1. The molecule has 1 aromatic carbocycles. The molecular weight excluding hydrogens is 236 g/mol. The third kappa shape index (κ3) is 3.74. The van der Waals surface area contributed by atoms with Crippen LogP contribution in [0.2, 0.25) is 5.02 Å². The van der Waals surface area contributed by atoms with Crippen molar-refractivity contribution in [1.29, 1.82) is 0 Å². The molecule has 0 fully saturated rings. The lowest BCUT2D eigenvalue weighted by Gasteiger charge is -2.05. The van der Waals surface area contributed by atoms with Crippen LogP contribution in [0, 0.1) is 0 Å². The Morgan fingerprint density at radius 2 is 2.33 bits per heavy atom. The summed E-state index contributed by atoms with van der Waals surface area (Å²) in [5.41, 5.74) is 0.944. The van der Waals surface area contributed by atoms with E-state index in [9.17, 15) is 4.79 Å². The first kappa shape index (κ1) is 12.4. The molecule has 3 nitrogen and oxygen atoms in total. The molecule has 0 saturated heterocycles. The summed E-state index contributed by atoms with van der Waals surface area (Å²) in [6.07, 6.45) is 0. The lowest BCUT2D eigenvalue weighted by atomic mass is 10.1. The van der Waals surface area contributed by atoms with Gasteiger partial charge in [-0.3, -0.25) is 0 Å². The van der Waals surface area contributed by atoms with Crippen molar-refractivity contribution in [3.05, 3.63) is 34.3 Å². The predicted molar refractivity (Wildman–Crippen MR) is 61.3 cm³/mol. The van der Waals surface area contributed by atoms with E-state index in [0.29, 0.717) is 22.9 Å². The fourth-order valence-corrected chi connectivity index (χ4v) is 1.89. The summed E-state index contributed by atoms with van der Waals surface area (Å²) in [4.78, 5) is 10.9. The molecule has 0 unspecified atom stereocenters. The van der Waals surface area contributed by atoms with Gasteiger partial charge in [0, 0.05) is 10.8 Å². The van der Waals surface area contributed by atoms with Crippen LogP contribution >= 0.6 is 23.6 Å². The molecule has 0 atom stereocenters. The van der Waals surface area contributed by atoms with Crippen molar-refractivity contribution in [3.63, 3.8) is 0 Å². The average molecular weight is 247 g/mol. The number of halogens is 1. The van der Waals surface area contributed by atoms with Crippen molar-refractivity contribution < 1.29 is 14.1 Å². The fourth-order valence-electron chi connectivity index (χ4n) is 1.08. The molecule has 1 N–H and O–H groups in total. The molecule has 0 bridgehead atoms. The van der Waals surface area contributed by atoms with E-state index in [-0.39, 0.29) is 5.56 Å². The molecule has 1 rings (SSSR count). The summed E-state index contributed by atoms with van der Waals surface area (Å²) in [7, 11) is 0. The molecule has 0 heterocycles. The molecule has 0 aliphatic rings. The maximum Gasteiger partial charge on any atom is 0.335 e. The van der Waals surface area contributed by atoms with E-state index in [2.05, 4.69) is 0 Å². The average Bonchev–Trinajstić information content (AvgIpc) is 2.18. The summed E-state index contributed by atoms with van der Waals surface area (Å²) < 4.78 is 5.09. The van der Waals surface area contributed by atoms with Crippen molar-refractivity contribution >= 4 is 29.6 Å². The SMILES string of the molecule is CCOSCc1cc(Cl)ccc1C(=O)O. The molecular formula is C10H11ClO3S. The molecule has 0 amide bonds. The smallest absolute Gasteiger partial charge is 0.335 e. The van der Waals surface area contributed by atoms with E-state index in [1.54, 1.807) is 12.1 Å². The minimum atomic E-state index is -0.946. The van der Waals surface area contributed by atoms with Gasteiger partial charge in [0.15, 0.2) is 0 Å². The predicted octanol–water partition coefficient (Wildman–Crippen LogP) is 3.22. The number of hydrogen-bond donors (Lipinski definition) is 1. The second-order valence-electron chi connectivity index (χ2n) is 2.78. The van der Waals surface area contributed by atoms with Crippen LogP contribution in [0.1, 0.15) is 22.8 Å². The van der Waals surface area contributed by atoms with Gasteiger partial charge in [-0.1, -0.05) is 11.6 Å². The molecule has 0 radical (unpaired) electrons. The fraction of sp³-hybridized carbons (Fsp3) is 0.300. The van der Waals surface area contributed by atoms with Crippen LogP contribution in [-0.4, -0.2) is 17.7 Å². The van der Waals surface area contributed by atoms with Crippen molar-refractivity contribution in [2.75, 3.05) is 6.61 Å². The highest BCUT2D eigenvalue weighted by atomic mass is 35.5. The third-order valence-electron chi connectivity index (χ3n) is 1.71. The van der Waals surface area contributed by atoms with Crippen LogP contribution in [0.4, 0.5) is 0 Å². The highest BCUT2D eigenvalue weighted by Gasteiger charge is 2.10. The number of aromatic carboxylic acids is 1. The number of rotatable bonds is 5. The number of carboxylic acids is 1. The van der Waals surface area contributed by atoms with Gasteiger partial charge in [0.1, 0.15) is 0 Å². The quantitative estimate of drug-likeness (QED) is 0.640. The van der Waals surface area contributed by atoms with E-state index >= 15 is 0 Å². The molecule has 0 aliphatic heterocycles. The number of hydrogen-bond acceptors (Lipinski definition) is 3. The van der Waals surface area contributed by atoms with Gasteiger partial charge in [0.25, 0.3) is 0 Å². The second-order valence-corrected chi connectivity index (χ2v) is 3.97. The van der Waals surface area contributed by atoms with Crippen LogP contribution in [0.25, 0.3) is 0 Å². The first-order valence-corrected chi connectivity index (χ1v) is 5.70. The monoisotopic (exact) mass is 246 g/mol. The van der Waals surface area contributed by atoms with Crippen LogP contribution in [0.3, 0.4) is 0 Å². The molecule has 5 heteroatoms. The molecule has 0 spiro atoms. The zero-order valence-corrected chi connectivity index (χ0v) is 9.77. The lowest BCUT2D eigenvalue weighted by Crippen LogP contribution is -2.01. The molecule has 0 aromatic heterocycles. The maximum absolute atomic E-state index is 10.9. The van der Waals surface area contributed by atoms with Crippen LogP contribution in [0.5, 0.6) is 0 Å². The molecule has 0 saturated carbocycles. The maximum atomic E-state index is 10.9. The van der Waals surface area contributed by atoms with E-state index < -0.39 is 5.97 Å². The van der Waals surface area contributed by atoms with Crippen molar-refractivity contribution in [2.45, 2.75) is 12.7 Å². The van der Waals surface area contributed by atoms with Gasteiger partial charge in [0.05, 0.1) is 12.2 Å². The Kier molecular flexibility index (Phi) is 4.94. The Morgan fingerprint density at radius 1 is 1.60 bits per heavy atom. The molecule has 1 aromatic rings. The van der Waals surface area contributed by atoms with Gasteiger partial charge < -0.3 is 9.29 Å². The van der Waals surface area contributed by atoms with Crippen LogP contribution < -0.4 is 0 Å². The van der Waals surface area contributed by atoms with Gasteiger partial charge in [0.2, 0.25) is 0 Å². The minimum absolute atomic E-state index is 0.270. The van der Waals surface area contributed by atoms with E-state index in [1.807, 2.05) is 6.92 Å². The minimum Gasteiger partial charge on any atom is -0.478 e. The summed E-state index contributed by atoms with van der Waals surface area (Å²) in [6.45, 7) is 2.47. The Balaban J connectivity index is 2.82. The first-order valence-electron chi connectivity index (χ1n) is 4.41. The lowest BCUT2D eigenvalue weighted by molar-refractivity contribution is 0.0696. The topological polar surface area (TPSA) is 46.5 Å². The Morgan fingerprint density at radius 3 is 2.93 bits per heavy atom. The van der Waals surface area contributed by atoms with E-state index in [0.717, 1.165) is 0 Å². The van der Waals surface area contributed by atoms with Crippen molar-refractivity contribution in [2.24, 2.45) is 0 Å². The van der Waals surface area contributed by atoms with E-state index in [1.165, 1.54) is 18.1 Å². The Bertz CT molecular complexity index is 355. The van der Waals surface area contributed by atoms with Gasteiger partial charge >= 0.3 is 5.97 Å². The van der Waals surface area contributed by atoms with Gasteiger partial charge in [-0.25, -0.2) is 4.79 Å². The third-order valence-corrected chi connectivity index (χ3v) is 2.78.